The van der Waals surface area contributed by atoms with Gasteiger partial charge in [0.2, 0.25) is 11.8 Å². The summed E-state index contributed by atoms with van der Waals surface area (Å²) < 4.78 is 0. The van der Waals surface area contributed by atoms with Gasteiger partial charge in [-0.25, -0.2) is 0 Å². The third kappa shape index (κ3) is 7.22. The molecule has 0 heterocycles. The van der Waals surface area contributed by atoms with Gasteiger partial charge in [0, 0.05) is 29.1 Å². The Bertz CT molecular complexity index is 940. The predicted molar refractivity (Wildman–Crippen MR) is 136 cm³/mol. The number of nitrogens with zero attached hydrogens (tertiary/aromatic N) is 1. The minimum absolute atomic E-state index is 0.0472. The molecular weight excluding hydrogens is 455 g/mol. The van der Waals surface area contributed by atoms with E-state index in [1.165, 1.54) is 5.56 Å². The Morgan fingerprint density at radius 3 is 2.30 bits per heavy atom. The number of benzene rings is 2. The standard InChI is InChI=1S/C27H34Cl2N2O2/c1-3-19-9-11-20(12-10-19)13-16-26(32)31(18-21-14-15-22(28)17-24(21)29)25(4-2)27(33)30-23-7-5-6-8-23/h9-12,14-15,17,23,25H,3-8,13,16,18H2,1-2H3,(H,30,33). The number of rotatable bonds is 10. The zero-order chi connectivity index (χ0) is 23.8. The first-order valence-corrected chi connectivity index (χ1v) is 12.8. The molecule has 178 valence electrons. The van der Waals surface area contributed by atoms with Gasteiger partial charge < -0.3 is 10.2 Å². The molecule has 2 amide bonds. The van der Waals surface area contributed by atoms with Crippen LogP contribution in [0.25, 0.3) is 0 Å². The van der Waals surface area contributed by atoms with E-state index in [0.717, 1.165) is 43.2 Å². The van der Waals surface area contributed by atoms with E-state index in [9.17, 15) is 9.59 Å². The van der Waals surface area contributed by atoms with Gasteiger partial charge in [0.1, 0.15) is 6.04 Å². The molecule has 0 aliphatic heterocycles. The van der Waals surface area contributed by atoms with Crippen LogP contribution < -0.4 is 5.32 Å². The Morgan fingerprint density at radius 2 is 1.70 bits per heavy atom. The summed E-state index contributed by atoms with van der Waals surface area (Å²) in [6, 6.07) is 13.3. The number of nitrogens with one attached hydrogen (secondary N) is 1. The molecule has 6 heteroatoms. The van der Waals surface area contributed by atoms with Gasteiger partial charge in [0.15, 0.2) is 0 Å². The Balaban J connectivity index is 1.77. The summed E-state index contributed by atoms with van der Waals surface area (Å²) in [4.78, 5) is 28.3. The second-order valence-corrected chi connectivity index (χ2v) is 9.69. The third-order valence-electron chi connectivity index (χ3n) is 6.50. The van der Waals surface area contributed by atoms with E-state index in [2.05, 4.69) is 36.5 Å². The smallest absolute Gasteiger partial charge is 0.243 e. The van der Waals surface area contributed by atoms with E-state index < -0.39 is 6.04 Å². The highest BCUT2D eigenvalue weighted by atomic mass is 35.5. The number of halogens is 2. The van der Waals surface area contributed by atoms with E-state index >= 15 is 0 Å². The average Bonchev–Trinajstić information content (AvgIpc) is 3.32. The van der Waals surface area contributed by atoms with Crippen LogP contribution in [-0.2, 0) is 29.0 Å². The van der Waals surface area contributed by atoms with E-state index in [1.807, 2.05) is 13.0 Å². The van der Waals surface area contributed by atoms with E-state index in [0.29, 0.717) is 29.3 Å². The van der Waals surface area contributed by atoms with Crippen LogP contribution in [0, 0.1) is 0 Å². The molecule has 0 spiro atoms. The molecule has 1 saturated carbocycles. The highest BCUT2D eigenvalue weighted by molar-refractivity contribution is 6.35. The van der Waals surface area contributed by atoms with Crippen molar-refractivity contribution < 1.29 is 9.59 Å². The summed E-state index contributed by atoms with van der Waals surface area (Å²) in [5, 5.41) is 4.22. The fourth-order valence-corrected chi connectivity index (χ4v) is 4.93. The SMILES string of the molecule is CCc1ccc(CCC(=O)N(Cc2ccc(Cl)cc2Cl)C(CC)C(=O)NC2CCCC2)cc1. The minimum atomic E-state index is -0.535. The highest BCUT2D eigenvalue weighted by Gasteiger charge is 2.30. The predicted octanol–water partition coefficient (Wildman–Crippen LogP) is 6.35. The van der Waals surface area contributed by atoms with Gasteiger partial charge >= 0.3 is 0 Å². The molecule has 0 saturated heterocycles. The van der Waals surface area contributed by atoms with Crippen molar-refractivity contribution in [2.24, 2.45) is 0 Å². The van der Waals surface area contributed by atoms with E-state index in [-0.39, 0.29) is 24.4 Å². The molecule has 1 aliphatic rings. The summed E-state index contributed by atoms with van der Waals surface area (Å²) in [6.45, 7) is 4.35. The molecule has 2 aromatic carbocycles. The van der Waals surface area contributed by atoms with Crippen molar-refractivity contribution in [2.75, 3.05) is 0 Å². The summed E-state index contributed by atoms with van der Waals surface area (Å²) in [7, 11) is 0. The van der Waals surface area contributed by atoms with Crippen LogP contribution in [0.5, 0.6) is 0 Å². The zero-order valence-electron chi connectivity index (χ0n) is 19.6. The lowest BCUT2D eigenvalue weighted by Crippen LogP contribution is -2.51. The van der Waals surface area contributed by atoms with Crippen LogP contribution >= 0.6 is 23.2 Å². The van der Waals surface area contributed by atoms with Gasteiger partial charge in [0.05, 0.1) is 0 Å². The zero-order valence-corrected chi connectivity index (χ0v) is 21.1. The first-order chi connectivity index (χ1) is 15.9. The van der Waals surface area contributed by atoms with Crippen molar-refractivity contribution in [3.05, 3.63) is 69.2 Å². The Hall–Kier alpha value is -2.04. The lowest BCUT2D eigenvalue weighted by atomic mass is 10.0. The molecule has 1 fully saturated rings. The van der Waals surface area contributed by atoms with Crippen molar-refractivity contribution in [3.8, 4) is 0 Å². The molecule has 3 rings (SSSR count). The maximum absolute atomic E-state index is 13.4. The van der Waals surface area contributed by atoms with Crippen LogP contribution in [-0.4, -0.2) is 28.8 Å². The normalized spacial score (nSPS) is 14.8. The van der Waals surface area contributed by atoms with Crippen molar-refractivity contribution in [1.82, 2.24) is 10.2 Å². The second kappa shape index (κ2) is 12.4. The van der Waals surface area contributed by atoms with Crippen molar-refractivity contribution in [2.45, 2.75) is 83.8 Å². The lowest BCUT2D eigenvalue weighted by molar-refractivity contribution is -0.141. The summed E-state index contributed by atoms with van der Waals surface area (Å²) >= 11 is 12.5. The van der Waals surface area contributed by atoms with Crippen LogP contribution in [0.3, 0.4) is 0 Å². The lowest BCUT2D eigenvalue weighted by Gasteiger charge is -2.32. The monoisotopic (exact) mass is 488 g/mol. The molecule has 1 N–H and O–H groups in total. The molecule has 0 aromatic heterocycles. The van der Waals surface area contributed by atoms with Crippen LogP contribution in [0.15, 0.2) is 42.5 Å². The van der Waals surface area contributed by atoms with Gasteiger partial charge in [-0.3, -0.25) is 9.59 Å². The molecule has 4 nitrogen and oxygen atoms in total. The molecular formula is C27H34Cl2N2O2. The molecule has 0 radical (unpaired) electrons. The summed E-state index contributed by atoms with van der Waals surface area (Å²) in [5.74, 6) is -0.121. The van der Waals surface area contributed by atoms with Gasteiger partial charge in [0.25, 0.3) is 0 Å². The van der Waals surface area contributed by atoms with Crippen LogP contribution in [0.1, 0.15) is 69.1 Å². The quantitative estimate of drug-likeness (QED) is 0.423. The molecule has 1 unspecified atom stereocenters. The first-order valence-electron chi connectivity index (χ1n) is 12.0. The van der Waals surface area contributed by atoms with Crippen LogP contribution in [0.2, 0.25) is 10.0 Å². The molecule has 1 aliphatic carbocycles. The Morgan fingerprint density at radius 1 is 1.03 bits per heavy atom. The fraction of sp³-hybridized carbons (Fsp3) is 0.481. The maximum Gasteiger partial charge on any atom is 0.243 e. The van der Waals surface area contributed by atoms with Crippen molar-refractivity contribution in [1.29, 1.82) is 0 Å². The minimum Gasteiger partial charge on any atom is -0.352 e. The van der Waals surface area contributed by atoms with Gasteiger partial charge in [-0.1, -0.05) is 80.2 Å². The van der Waals surface area contributed by atoms with Crippen molar-refractivity contribution in [3.63, 3.8) is 0 Å². The van der Waals surface area contributed by atoms with Gasteiger partial charge in [-0.15, -0.1) is 0 Å². The number of carbonyl (C=O) groups excluding carboxylic acids is 2. The highest BCUT2D eigenvalue weighted by Crippen LogP contribution is 2.25. The second-order valence-electron chi connectivity index (χ2n) is 8.84. The number of hydrogen-bond acceptors (Lipinski definition) is 2. The third-order valence-corrected chi connectivity index (χ3v) is 7.09. The maximum atomic E-state index is 13.4. The molecule has 2 aromatic rings. The Labute approximate surface area is 207 Å². The Kier molecular flexibility index (Phi) is 9.64. The number of carbonyl (C=O) groups is 2. The molecule has 0 bridgehead atoms. The first kappa shape index (κ1) is 25.6. The number of amides is 2. The number of aryl methyl sites for hydroxylation is 2. The summed E-state index contributed by atoms with van der Waals surface area (Å²) in [5.41, 5.74) is 3.18. The van der Waals surface area contributed by atoms with E-state index in [4.69, 9.17) is 23.2 Å². The topological polar surface area (TPSA) is 49.4 Å². The van der Waals surface area contributed by atoms with Crippen molar-refractivity contribution >= 4 is 35.0 Å². The largest absolute Gasteiger partial charge is 0.352 e. The molecule has 33 heavy (non-hydrogen) atoms. The van der Waals surface area contributed by atoms with Gasteiger partial charge in [-0.2, -0.15) is 0 Å². The van der Waals surface area contributed by atoms with E-state index in [1.54, 1.807) is 17.0 Å². The fourth-order valence-electron chi connectivity index (χ4n) is 4.46. The average molecular weight is 489 g/mol. The molecule has 1 atom stereocenters. The number of hydrogen-bond donors (Lipinski definition) is 1. The van der Waals surface area contributed by atoms with Gasteiger partial charge in [-0.05, 0) is 60.9 Å². The summed E-state index contributed by atoms with van der Waals surface area (Å²) in [6.07, 6.45) is 6.80. The van der Waals surface area contributed by atoms with Crippen LogP contribution in [0.4, 0.5) is 0 Å².